The van der Waals surface area contributed by atoms with Gasteiger partial charge in [-0.05, 0) is 6.07 Å². The predicted molar refractivity (Wildman–Crippen MR) is 79.0 cm³/mol. The third kappa shape index (κ3) is 1.96. The molecule has 0 radical (unpaired) electrons. The fourth-order valence-corrected chi connectivity index (χ4v) is 3.41. The maximum absolute atomic E-state index is 11.5. The van der Waals surface area contributed by atoms with E-state index < -0.39 is 0 Å². The number of para-hydroxylation sites is 1. The molecular formula is C14H12N4O2S. The molecule has 1 aliphatic heterocycles. The number of aryl methyl sites for hydroxylation is 1. The molecule has 1 saturated heterocycles. The summed E-state index contributed by atoms with van der Waals surface area (Å²) in [4.78, 5) is 16.1. The molecule has 0 N–H and O–H groups in total. The number of thioether (sulfide) groups is 1. The van der Waals surface area contributed by atoms with E-state index in [1.165, 1.54) is 11.8 Å². The summed E-state index contributed by atoms with van der Waals surface area (Å²) >= 11 is 1.32. The molecule has 21 heavy (non-hydrogen) atoms. The third-order valence-corrected chi connectivity index (χ3v) is 4.72. The van der Waals surface area contributed by atoms with Gasteiger partial charge in [-0.25, -0.2) is 4.98 Å². The van der Waals surface area contributed by atoms with Crippen molar-refractivity contribution in [2.45, 2.75) is 16.8 Å². The van der Waals surface area contributed by atoms with Crippen molar-refractivity contribution in [3.8, 4) is 0 Å². The lowest BCUT2D eigenvalue weighted by Crippen LogP contribution is -2.10. The monoisotopic (exact) mass is 300 g/mol. The average Bonchev–Trinajstić information content (AvgIpc) is 3.03. The molecule has 3 aromatic rings. The number of rotatable bonds is 2. The summed E-state index contributed by atoms with van der Waals surface area (Å²) in [6.07, 6.45) is 0.694. The van der Waals surface area contributed by atoms with E-state index in [9.17, 15) is 4.79 Å². The van der Waals surface area contributed by atoms with Gasteiger partial charge in [-0.1, -0.05) is 30.0 Å². The van der Waals surface area contributed by atoms with Gasteiger partial charge in [0.25, 0.3) is 0 Å². The molecule has 0 saturated carbocycles. The first-order valence-corrected chi connectivity index (χ1v) is 7.53. The molecule has 3 heterocycles. The summed E-state index contributed by atoms with van der Waals surface area (Å²) in [7, 11) is 1.96. The van der Waals surface area contributed by atoms with Crippen molar-refractivity contribution >= 4 is 39.8 Å². The summed E-state index contributed by atoms with van der Waals surface area (Å²) in [6, 6.07) is 7.99. The first-order valence-electron chi connectivity index (χ1n) is 6.65. The van der Waals surface area contributed by atoms with Crippen LogP contribution in [-0.2, 0) is 16.6 Å². The highest BCUT2D eigenvalue weighted by atomic mass is 32.2. The van der Waals surface area contributed by atoms with E-state index in [0.717, 1.165) is 22.1 Å². The van der Waals surface area contributed by atoms with Crippen molar-refractivity contribution < 1.29 is 9.53 Å². The van der Waals surface area contributed by atoms with E-state index >= 15 is 0 Å². The van der Waals surface area contributed by atoms with Crippen molar-refractivity contribution in [2.24, 2.45) is 7.05 Å². The van der Waals surface area contributed by atoms with Gasteiger partial charge in [0.1, 0.15) is 10.8 Å². The second-order valence-electron chi connectivity index (χ2n) is 4.91. The number of nitrogens with zero attached hydrogens (tertiary/aromatic N) is 4. The Balaban J connectivity index is 1.81. The maximum Gasteiger partial charge on any atom is 0.319 e. The molecule has 0 aliphatic carbocycles. The molecule has 0 unspecified atom stereocenters. The number of fused-ring (bicyclic) bond motifs is 3. The second kappa shape index (κ2) is 4.70. The highest BCUT2D eigenvalue weighted by Gasteiger charge is 2.29. The van der Waals surface area contributed by atoms with Crippen molar-refractivity contribution in [3.05, 3.63) is 24.3 Å². The smallest absolute Gasteiger partial charge is 0.319 e. The van der Waals surface area contributed by atoms with Crippen LogP contribution in [0.3, 0.4) is 0 Å². The van der Waals surface area contributed by atoms with Gasteiger partial charge in [-0.3, -0.25) is 4.79 Å². The maximum atomic E-state index is 11.5. The van der Waals surface area contributed by atoms with E-state index in [4.69, 9.17) is 4.74 Å². The summed E-state index contributed by atoms with van der Waals surface area (Å²) in [5.74, 6) is -0.194. The minimum Gasteiger partial charge on any atom is -0.465 e. The van der Waals surface area contributed by atoms with Crippen LogP contribution in [0.4, 0.5) is 0 Å². The van der Waals surface area contributed by atoms with Crippen molar-refractivity contribution in [1.82, 2.24) is 19.7 Å². The van der Waals surface area contributed by atoms with Crippen LogP contribution in [0, 0.1) is 0 Å². The lowest BCUT2D eigenvalue weighted by molar-refractivity contribution is -0.137. The van der Waals surface area contributed by atoms with Crippen LogP contribution in [0.1, 0.15) is 6.42 Å². The molecule has 0 bridgehead atoms. The molecule has 7 heteroatoms. The average molecular weight is 300 g/mol. The fourth-order valence-electron chi connectivity index (χ4n) is 2.55. The van der Waals surface area contributed by atoms with E-state index in [2.05, 4.69) is 15.2 Å². The standard InChI is InChI=1S/C14H12N4O2S/c1-18-9-5-3-2-4-8(9)11-12(18)15-14(17-16-11)21-10-6-7-20-13(10)19/h2-5,10H,6-7H2,1H3/t10-/m0/s1. The van der Waals surface area contributed by atoms with Crippen LogP contribution in [0.5, 0.6) is 0 Å². The van der Waals surface area contributed by atoms with Gasteiger partial charge in [0, 0.05) is 18.9 Å². The topological polar surface area (TPSA) is 69.9 Å². The Morgan fingerprint density at radius 2 is 2.19 bits per heavy atom. The Labute approximate surface area is 124 Å². The van der Waals surface area contributed by atoms with Gasteiger partial charge in [0.05, 0.1) is 12.1 Å². The number of esters is 1. The molecular weight excluding hydrogens is 288 g/mol. The fraction of sp³-hybridized carbons (Fsp3) is 0.286. The second-order valence-corrected chi connectivity index (χ2v) is 6.08. The summed E-state index contributed by atoms with van der Waals surface area (Å²) in [6.45, 7) is 0.472. The molecule has 0 amide bonds. The number of carbonyl (C=O) groups excluding carboxylic acids is 1. The minimum absolute atomic E-state index is 0.194. The van der Waals surface area contributed by atoms with Gasteiger partial charge in [0.15, 0.2) is 5.65 Å². The van der Waals surface area contributed by atoms with Crippen LogP contribution in [-0.4, -0.2) is 37.6 Å². The van der Waals surface area contributed by atoms with Crippen LogP contribution in [0.25, 0.3) is 22.1 Å². The van der Waals surface area contributed by atoms with Crippen molar-refractivity contribution in [2.75, 3.05) is 6.61 Å². The molecule has 106 valence electrons. The lowest BCUT2D eigenvalue weighted by atomic mass is 10.2. The van der Waals surface area contributed by atoms with Crippen LogP contribution in [0.15, 0.2) is 29.4 Å². The Hall–Kier alpha value is -2.15. The van der Waals surface area contributed by atoms with Crippen LogP contribution >= 0.6 is 11.8 Å². The molecule has 0 spiro atoms. The third-order valence-electron chi connectivity index (χ3n) is 3.62. The summed E-state index contributed by atoms with van der Waals surface area (Å²) < 4.78 is 6.95. The number of carbonyl (C=O) groups is 1. The largest absolute Gasteiger partial charge is 0.465 e. The van der Waals surface area contributed by atoms with Gasteiger partial charge >= 0.3 is 5.97 Å². The number of ether oxygens (including phenoxy) is 1. The van der Waals surface area contributed by atoms with Gasteiger partial charge in [-0.2, -0.15) is 0 Å². The normalized spacial score (nSPS) is 18.5. The zero-order chi connectivity index (χ0) is 14.4. The molecule has 2 aromatic heterocycles. The number of hydrogen-bond donors (Lipinski definition) is 0. The Bertz CT molecular complexity index is 861. The molecule has 4 rings (SSSR count). The highest BCUT2D eigenvalue weighted by molar-refractivity contribution is 8.00. The Morgan fingerprint density at radius 3 is 3.00 bits per heavy atom. The molecule has 6 nitrogen and oxygen atoms in total. The first kappa shape index (κ1) is 12.6. The Morgan fingerprint density at radius 1 is 1.33 bits per heavy atom. The van der Waals surface area contributed by atoms with E-state index in [0.29, 0.717) is 18.2 Å². The Kier molecular flexibility index (Phi) is 2.81. The number of aromatic nitrogens is 4. The quantitative estimate of drug-likeness (QED) is 0.673. The minimum atomic E-state index is -0.223. The number of cyclic esters (lactones) is 1. The summed E-state index contributed by atoms with van der Waals surface area (Å²) in [5.41, 5.74) is 2.63. The predicted octanol–water partition coefficient (Wildman–Crippen LogP) is 1.92. The number of benzene rings is 1. The molecule has 1 fully saturated rings. The number of hydrogen-bond acceptors (Lipinski definition) is 6. The van der Waals surface area contributed by atoms with Gasteiger partial charge in [-0.15, -0.1) is 10.2 Å². The van der Waals surface area contributed by atoms with Gasteiger partial charge < -0.3 is 9.30 Å². The van der Waals surface area contributed by atoms with Crippen LogP contribution < -0.4 is 0 Å². The molecule has 1 aromatic carbocycles. The highest BCUT2D eigenvalue weighted by Crippen LogP contribution is 2.29. The van der Waals surface area contributed by atoms with E-state index in [-0.39, 0.29) is 11.2 Å². The van der Waals surface area contributed by atoms with Crippen molar-refractivity contribution in [3.63, 3.8) is 0 Å². The molecule has 1 atom stereocenters. The zero-order valence-corrected chi connectivity index (χ0v) is 12.1. The first-order chi connectivity index (χ1) is 10.2. The lowest BCUT2D eigenvalue weighted by Gasteiger charge is -2.03. The van der Waals surface area contributed by atoms with E-state index in [1.54, 1.807) is 0 Å². The summed E-state index contributed by atoms with van der Waals surface area (Å²) in [5, 5.41) is 9.76. The van der Waals surface area contributed by atoms with Crippen molar-refractivity contribution in [1.29, 1.82) is 0 Å². The van der Waals surface area contributed by atoms with Gasteiger partial charge in [0.2, 0.25) is 5.16 Å². The SMILES string of the molecule is Cn1c2ccccc2c2nnc(S[C@H]3CCOC3=O)nc21. The molecule has 1 aliphatic rings. The van der Waals surface area contributed by atoms with Crippen LogP contribution in [0.2, 0.25) is 0 Å². The van der Waals surface area contributed by atoms with E-state index in [1.807, 2.05) is 35.9 Å². The zero-order valence-electron chi connectivity index (χ0n) is 11.3.